The third-order valence-electron chi connectivity index (χ3n) is 4.40. The molecule has 0 spiro atoms. The number of amidine groups is 1. The van der Waals surface area contributed by atoms with E-state index in [1.807, 2.05) is 35.0 Å². The van der Waals surface area contributed by atoms with E-state index in [0.29, 0.717) is 11.7 Å². The molecule has 0 unspecified atom stereocenters. The minimum atomic E-state index is -0.689. The molecule has 5 rings (SSSR count). The Morgan fingerprint density at radius 1 is 1.33 bits per heavy atom. The van der Waals surface area contributed by atoms with Gasteiger partial charge in [0.05, 0.1) is 19.0 Å². The molecular formula is C16H11N9O2. The molecule has 0 atom stereocenters. The summed E-state index contributed by atoms with van der Waals surface area (Å²) in [6, 6.07) is 7.79. The number of aliphatic imine (C=N–C) groups is 1. The van der Waals surface area contributed by atoms with Gasteiger partial charge in [0.25, 0.3) is 0 Å². The van der Waals surface area contributed by atoms with Crippen molar-refractivity contribution in [1.82, 2.24) is 24.5 Å². The van der Waals surface area contributed by atoms with Crippen molar-refractivity contribution in [1.29, 1.82) is 5.26 Å². The van der Waals surface area contributed by atoms with Gasteiger partial charge in [-0.15, -0.1) is 9.78 Å². The molecule has 0 saturated carbocycles. The second-order valence-electron chi connectivity index (χ2n) is 5.74. The summed E-state index contributed by atoms with van der Waals surface area (Å²) in [5.74, 6) is 0.882. The van der Waals surface area contributed by atoms with Crippen LogP contribution in [-0.2, 0) is 4.74 Å². The number of carbonyl (C=O) groups is 1. The van der Waals surface area contributed by atoms with E-state index in [2.05, 4.69) is 20.3 Å². The van der Waals surface area contributed by atoms with Crippen molar-refractivity contribution >= 4 is 23.4 Å². The maximum Gasteiger partial charge on any atom is 0.362 e. The van der Waals surface area contributed by atoms with E-state index in [1.54, 1.807) is 22.5 Å². The number of nitriles is 1. The van der Waals surface area contributed by atoms with Gasteiger partial charge in [0.15, 0.2) is 17.5 Å². The van der Waals surface area contributed by atoms with Crippen molar-refractivity contribution in [3.8, 4) is 11.9 Å². The van der Waals surface area contributed by atoms with E-state index in [0.717, 1.165) is 15.9 Å². The molecule has 3 aromatic rings. The van der Waals surface area contributed by atoms with E-state index in [-0.39, 0.29) is 18.2 Å². The lowest BCUT2D eigenvalue weighted by Gasteiger charge is -2.34. The van der Waals surface area contributed by atoms with Crippen LogP contribution < -0.4 is 10.0 Å². The molecule has 0 N–H and O–H groups in total. The fourth-order valence-corrected chi connectivity index (χ4v) is 3.28. The molecule has 0 amide bonds. The first-order valence-corrected chi connectivity index (χ1v) is 7.93. The van der Waals surface area contributed by atoms with Crippen molar-refractivity contribution in [2.24, 2.45) is 4.99 Å². The number of ether oxygens (including phenoxy) is 1. The number of hydrazine groups is 1. The van der Waals surface area contributed by atoms with Crippen molar-refractivity contribution in [3.05, 3.63) is 48.0 Å². The first kappa shape index (κ1) is 15.1. The van der Waals surface area contributed by atoms with Gasteiger partial charge in [0, 0.05) is 5.56 Å². The Morgan fingerprint density at radius 3 is 3.00 bits per heavy atom. The third kappa shape index (κ3) is 1.92. The fraction of sp³-hybridized carbons (Fsp3) is 0.125. The molecule has 2 aliphatic heterocycles. The van der Waals surface area contributed by atoms with E-state index < -0.39 is 5.97 Å². The standard InChI is InChI=1S/C16H11N9O2/c1-27-16(26)13-15(23(7-17)21-20-13)24-9-19-14-10-4-2-3-5-11(10)22-8-18-6-12(22)25(14)24/h2-6,8H,9H2,1H3. The van der Waals surface area contributed by atoms with Crippen molar-refractivity contribution in [3.63, 3.8) is 0 Å². The van der Waals surface area contributed by atoms with Crippen LogP contribution in [0.5, 0.6) is 0 Å². The summed E-state index contributed by atoms with van der Waals surface area (Å²) >= 11 is 0. The predicted octanol–water partition coefficient (Wildman–Crippen LogP) is 0.539. The zero-order chi connectivity index (χ0) is 18.5. The predicted molar refractivity (Wildman–Crippen MR) is 92.3 cm³/mol. The highest BCUT2D eigenvalue weighted by Crippen LogP contribution is 2.36. The Labute approximate surface area is 152 Å². The van der Waals surface area contributed by atoms with Crippen LogP contribution in [0.4, 0.5) is 11.6 Å². The lowest BCUT2D eigenvalue weighted by Crippen LogP contribution is -2.46. The number of aromatic nitrogens is 5. The molecular weight excluding hydrogens is 350 g/mol. The summed E-state index contributed by atoms with van der Waals surface area (Å²) in [5.41, 5.74) is 1.78. The highest BCUT2D eigenvalue weighted by atomic mass is 16.5. The number of para-hydroxylation sites is 1. The van der Waals surface area contributed by atoms with Gasteiger partial charge >= 0.3 is 5.97 Å². The van der Waals surface area contributed by atoms with E-state index >= 15 is 0 Å². The summed E-state index contributed by atoms with van der Waals surface area (Å²) in [4.78, 5) is 21.0. The zero-order valence-corrected chi connectivity index (χ0v) is 14.0. The Hall–Kier alpha value is -4.20. The van der Waals surface area contributed by atoms with Crippen LogP contribution in [0.25, 0.3) is 5.69 Å². The Morgan fingerprint density at radius 2 is 2.19 bits per heavy atom. The largest absolute Gasteiger partial charge is 0.464 e. The average Bonchev–Trinajstić information content (AvgIpc) is 3.43. The van der Waals surface area contributed by atoms with Gasteiger partial charge in [-0.1, -0.05) is 12.1 Å². The zero-order valence-electron chi connectivity index (χ0n) is 14.0. The monoisotopic (exact) mass is 361 g/mol. The molecule has 0 saturated heterocycles. The molecule has 1 aromatic carbocycles. The van der Waals surface area contributed by atoms with Gasteiger partial charge in [0.1, 0.15) is 13.0 Å². The van der Waals surface area contributed by atoms with Crippen LogP contribution in [0.1, 0.15) is 16.1 Å². The summed E-state index contributed by atoms with van der Waals surface area (Å²) < 4.78 is 7.65. The van der Waals surface area contributed by atoms with Gasteiger partial charge in [-0.25, -0.2) is 24.8 Å². The number of esters is 1. The van der Waals surface area contributed by atoms with Crippen molar-refractivity contribution < 1.29 is 9.53 Å². The molecule has 132 valence electrons. The van der Waals surface area contributed by atoms with Crippen LogP contribution in [-0.4, -0.2) is 50.1 Å². The minimum absolute atomic E-state index is 0.0691. The molecule has 27 heavy (non-hydrogen) atoms. The molecule has 0 aliphatic carbocycles. The number of benzene rings is 1. The molecule has 11 heteroatoms. The number of anilines is 2. The highest BCUT2D eigenvalue weighted by Gasteiger charge is 2.40. The van der Waals surface area contributed by atoms with E-state index in [1.165, 1.54) is 7.11 Å². The second-order valence-corrected chi connectivity index (χ2v) is 5.74. The quantitative estimate of drug-likeness (QED) is 0.607. The first-order valence-electron chi connectivity index (χ1n) is 7.93. The molecule has 0 radical (unpaired) electrons. The van der Waals surface area contributed by atoms with Gasteiger partial charge in [-0.3, -0.25) is 4.57 Å². The number of hydrogen-bond acceptors (Lipinski definition) is 9. The summed E-state index contributed by atoms with van der Waals surface area (Å²) in [5, 5.41) is 20.4. The minimum Gasteiger partial charge on any atom is -0.464 e. The molecule has 0 bridgehead atoms. The van der Waals surface area contributed by atoms with Crippen molar-refractivity contribution in [2.45, 2.75) is 0 Å². The Bertz CT molecular complexity index is 1150. The molecule has 2 aromatic heterocycles. The maximum atomic E-state index is 12.1. The normalized spacial score (nSPS) is 14.1. The lowest BCUT2D eigenvalue weighted by molar-refractivity contribution is 0.0594. The number of methoxy groups -OCH3 is 1. The number of hydrogen-bond donors (Lipinski definition) is 0. The first-order chi connectivity index (χ1) is 13.2. The SMILES string of the molecule is COC(=O)c1nnn(C#N)c1N1CN=C2c3ccccc3-n3cncc3N21. The average molecular weight is 361 g/mol. The lowest BCUT2D eigenvalue weighted by atomic mass is 10.1. The molecule has 2 aliphatic rings. The Kier molecular flexibility index (Phi) is 3.02. The van der Waals surface area contributed by atoms with Gasteiger partial charge in [0.2, 0.25) is 11.9 Å². The number of imidazole rings is 1. The smallest absolute Gasteiger partial charge is 0.362 e. The number of nitrogens with zero attached hydrogens (tertiary/aromatic N) is 9. The summed E-state index contributed by atoms with van der Waals surface area (Å²) in [7, 11) is 1.25. The van der Waals surface area contributed by atoms with Gasteiger partial charge in [-0.2, -0.15) is 5.26 Å². The van der Waals surface area contributed by atoms with Gasteiger partial charge < -0.3 is 4.74 Å². The van der Waals surface area contributed by atoms with Gasteiger partial charge in [-0.05, 0) is 17.3 Å². The van der Waals surface area contributed by atoms with Crippen LogP contribution in [0.3, 0.4) is 0 Å². The topological polar surface area (TPSA) is 117 Å². The molecule has 0 fully saturated rings. The molecule has 4 heterocycles. The van der Waals surface area contributed by atoms with Crippen LogP contribution in [0.15, 0.2) is 41.8 Å². The summed E-state index contributed by atoms with van der Waals surface area (Å²) in [6.45, 7) is 0.174. The molecule has 11 nitrogen and oxygen atoms in total. The second kappa shape index (κ2) is 5.40. The number of rotatable bonds is 2. The number of fused-ring (bicyclic) bond motifs is 6. The highest BCUT2D eigenvalue weighted by molar-refractivity contribution is 6.16. The van der Waals surface area contributed by atoms with E-state index in [4.69, 9.17) is 4.74 Å². The maximum absolute atomic E-state index is 12.1. The van der Waals surface area contributed by atoms with Crippen LogP contribution in [0.2, 0.25) is 0 Å². The fourth-order valence-electron chi connectivity index (χ4n) is 3.28. The number of carbonyl (C=O) groups excluding carboxylic acids is 1. The third-order valence-corrected chi connectivity index (χ3v) is 4.40. The van der Waals surface area contributed by atoms with Crippen LogP contribution in [0, 0.1) is 11.5 Å². The van der Waals surface area contributed by atoms with E-state index in [9.17, 15) is 10.1 Å². The van der Waals surface area contributed by atoms with Crippen LogP contribution >= 0.6 is 0 Å². The Balaban J connectivity index is 1.70. The summed E-state index contributed by atoms with van der Waals surface area (Å²) in [6.07, 6.45) is 5.28. The van der Waals surface area contributed by atoms with Crippen molar-refractivity contribution in [2.75, 3.05) is 23.8 Å².